The van der Waals surface area contributed by atoms with Gasteiger partial charge in [0.2, 0.25) is 5.89 Å². The van der Waals surface area contributed by atoms with E-state index in [9.17, 15) is 4.79 Å². The highest BCUT2D eigenvalue weighted by atomic mass is 32.1. The van der Waals surface area contributed by atoms with Crippen molar-refractivity contribution < 1.29 is 14.3 Å². The number of amides is 2. The van der Waals surface area contributed by atoms with Gasteiger partial charge >= 0.3 is 6.03 Å². The van der Waals surface area contributed by atoms with Crippen LogP contribution in [0.25, 0.3) is 10.8 Å². The molecule has 7 heteroatoms. The van der Waals surface area contributed by atoms with Crippen LogP contribution < -0.4 is 10.6 Å². The molecule has 126 valence electrons. The van der Waals surface area contributed by atoms with Crippen molar-refractivity contribution in [2.24, 2.45) is 5.41 Å². The summed E-state index contributed by atoms with van der Waals surface area (Å²) in [6.45, 7) is 5.06. The van der Waals surface area contributed by atoms with Gasteiger partial charge in [-0.25, -0.2) is 9.78 Å². The second kappa shape index (κ2) is 8.12. The number of aliphatic hydroxyl groups excluding tert-OH is 1. The third kappa shape index (κ3) is 5.69. The van der Waals surface area contributed by atoms with Gasteiger partial charge < -0.3 is 20.2 Å². The maximum absolute atomic E-state index is 11.7. The Morgan fingerprint density at radius 2 is 2.26 bits per heavy atom. The van der Waals surface area contributed by atoms with Crippen LogP contribution in [0.15, 0.2) is 28.2 Å². The van der Waals surface area contributed by atoms with Crippen LogP contribution in [0.5, 0.6) is 0 Å². The zero-order chi connectivity index (χ0) is 16.7. The summed E-state index contributed by atoms with van der Waals surface area (Å²) >= 11 is 1.56. The minimum Gasteiger partial charge on any atom is -0.443 e. The van der Waals surface area contributed by atoms with E-state index in [1.807, 2.05) is 31.4 Å². The van der Waals surface area contributed by atoms with E-state index >= 15 is 0 Å². The first-order chi connectivity index (χ1) is 11.0. The summed E-state index contributed by atoms with van der Waals surface area (Å²) in [5, 5.41) is 16.7. The van der Waals surface area contributed by atoms with Gasteiger partial charge in [-0.05, 0) is 29.7 Å². The fraction of sp³-hybridized carbons (Fsp3) is 0.500. The molecule has 2 aromatic rings. The van der Waals surface area contributed by atoms with Gasteiger partial charge in [-0.1, -0.05) is 19.9 Å². The summed E-state index contributed by atoms with van der Waals surface area (Å²) in [4.78, 5) is 17.0. The van der Waals surface area contributed by atoms with E-state index in [2.05, 4.69) is 15.6 Å². The molecular formula is C16H23N3O3S. The Balaban J connectivity index is 1.67. The smallest absolute Gasteiger partial charge is 0.315 e. The van der Waals surface area contributed by atoms with Crippen LogP contribution in [0.3, 0.4) is 0 Å². The predicted octanol–water partition coefficient (Wildman–Crippen LogP) is 3.00. The maximum atomic E-state index is 11.7. The molecule has 0 bridgehead atoms. The molecule has 0 aliphatic rings. The average Bonchev–Trinajstić information content (AvgIpc) is 3.20. The molecule has 2 aromatic heterocycles. The highest BCUT2D eigenvalue weighted by Crippen LogP contribution is 2.23. The number of carbonyl (C=O) groups is 1. The van der Waals surface area contributed by atoms with Crippen LogP contribution in [0.4, 0.5) is 4.79 Å². The van der Waals surface area contributed by atoms with Crippen molar-refractivity contribution in [1.29, 1.82) is 0 Å². The lowest BCUT2D eigenvalue weighted by Gasteiger charge is -2.21. The molecule has 23 heavy (non-hydrogen) atoms. The standard InChI is InChI=1S/C16H23N3O3S/c1-16(2,11-20)6-4-7-17-15(21)18-9-12-10-22-14(19-12)13-5-3-8-23-13/h3,5,8,10,20H,4,6-7,9,11H2,1-2H3,(H2,17,18,21). The highest BCUT2D eigenvalue weighted by molar-refractivity contribution is 7.13. The van der Waals surface area contributed by atoms with E-state index in [4.69, 9.17) is 9.52 Å². The molecule has 2 amide bonds. The summed E-state index contributed by atoms with van der Waals surface area (Å²) in [5.74, 6) is 0.573. The molecule has 0 aliphatic carbocycles. The molecule has 0 aliphatic heterocycles. The van der Waals surface area contributed by atoms with Crippen molar-refractivity contribution in [2.45, 2.75) is 33.2 Å². The number of oxazole rings is 1. The van der Waals surface area contributed by atoms with Crippen LogP contribution in [0, 0.1) is 5.41 Å². The molecule has 6 nitrogen and oxygen atoms in total. The summed E-state index contributed by atoms with van der Waals surface area (Å²) in [7, 11) is 0. The number of nitrogens with one attached hydrogen (secondary N) is 2. The molecule has 0 saturated carbocycles. The van der Waals surface area contributed by atoms with Gasteiger partial charge in [-0.2, -0.15) is 0 Å². The zero-order valence-electron chi connectivity index (χ0n) is 13.5. The van der Waals surface area contributed by atoms with Crippen LogP contribution in [-0.2, 0) is 6.54 Å². The molecule has 0 fully saturated rings. The molecule has 0 radical (unpaired) electrons. The number of rotatable bonds is 8. The van der Waals surface area contributed by atoms with E-state index in [-0.39, 0.29) is 18.1 Å². The number of carbonyl (C=O) groups excluding carboxylic acids is 1. The van der Waals surface area contributed by atoms with Crippen molar-refractivity contribution in [3.05, 3.63) is 29.5 Å². The summed E-state index contributed by atoms with van der Waals surface area (Å²) in [6, 6.07) is 3.65. The summed E-state index contributed by atoms with van der Waals surface area (Å²) in [5.41, 5.74) is 0.585. The van der Waals surface area contributed by atoms with Crippen LogP contribution >= 0.6 is 11.3 Å². The fourth-order valence-corrected chi connectivity index (χ4v) is 2.64. The summed E-state index contributed by atoms with van der Waals surface area (Å²) < 4.78 is 5.39. The van der Waals surface area contributed by atoms with Gasteiger partial charge in [0.25, 0.3) is 0 Å². The van der Waals surface area contributed by atoms with Crippen LogP contribution in [0.1, 0.15) is 32.4 Å². The largest absolute Gasteiger partial charge is 0.443 e. The van der Waals surface area contributed by atoms with E-state index in [1.54, 1.807) is 17.6 Å². The average molecular weight is 337 g/mol. The minimum atomic E-state index is -0.229. The van der Waals surface area contributed by atoms with E-state index in [0.717, 1.165) is 17.7 Å². The molecule has 0 unspecified atom stereocenters. The molecule has 0 spiro atoms. The first-order valence-corrected chi connectivity index (χ1v) is 8.49. The van der Waals surface area contributed by atoms with Gasteiger partial charge in [0.05, 0.1) is 17.1 Å². The van der Waals surface area contributed by atoms with Gasteiger partial charge in [0, 0.05) is 13.2 Å². The fourth-order valence-electron chi connectivity index (χ4n) is 1.98. The summed E-state index contributed by atoms with van der Waals surface area (Å²) in [6.07, 6.45) is 3.24. The second-order valence-corrected chi connectivity index (χ2v) is 7.10. The van der Waals surface area contributed by atoms with Gasteiger partial charge in [-0.3, -0.25) is 0 Å². The molecule has 0 aromatic carbocycles. The molecule has 0 atom stereocenters. The lowest BCUT2D eigenvalue weighted by molar-refractivity contribution is 0.148. The third-order valence-electron chi connectivity index (χ3n) is 3.46. The van der Waals surface area contributed by atoms with Crippen molar-refractivity contribution in [1.82, 2.24) is 15.6 Å². The Hall–Kier alpha value is -1.86. The SMILES string of the molecule is CC(C)(CO)CCCNC(=O)NCc1coc(-c2cccs2)n1. The highest BCUT2D eigenvalue weighted by Gasteiger charge is 2.15. The van der Waals surface area contributed by atoms with Crippen molar-refractivity contribution in [2.75, 3.05) is 13.2 Å². The van der Waals surface area contributed by atoms with Crippen LogP contribution in [-0.4, -0.2) is 29.3 Å². The predicted molar refractivity (Wildman–Crippen MR) is 90.2 cm³/mol. The Kier molecular flexibility index (Phi) is 6.18. The van der Waals surface area contributed by atoms with Crippen molar-refractivity contribution in [3.63, 3.8) is 0 Å². The van der Waals surface area contributed by atoms with Crippen molar-refractivity contribution in [3.8, 4) is 10.8 Å². The molecule has 3 N–H and O–H groups in total. The third-order valence-corrected chi connectivity index (χ3v) is 4.32. The molecule has 2 rings (SSSR count). The maximum Gasteiger partial charge on any atom is 0.315 e. The van der Waals surface area contributed by atoms with E-state index in [1.165, 1.54) is 0 Å². The normalized spacial score (nSPS) is 11.4. The number of thiophene rings is 1. The number of aromatic nitrogens is 1. The first kappa shape index (κ1) is 17.5. The lowest BCUT2D eigenvalue weighted by Crippen LogP contribution is -2.36. The second-order valence-electron chi connectivity index (χ2n) is 6.16. The zero-order valence-corrected chi connectivity index (χ0v) is 14.3. The number of aliphatic hydroxyl groups is 1. The monoisotopic (exact) mass is 337 g/mol. The molecule has 0 saturated heterocycles. The van der Waals surface area contributed by atoms with E-state index < -0.39 is 0 Å². The number of urea groups is 1. The molecule has 2 heterocycles. The van der Waals surface area contributed by atoms with Gasteiger partial charge in [-0.15, -0.1) is 11.3 Å². The quantitative estimate of drug-likeness (QED) is 0.646. The number of hydrogen-bond donors (Lipinski definition) is 3. The first-order valence-electron chi connectivity index (χ1n) is 7.61. The Morgan fingerprint density at radius 1 is 1.43 bits per heavy atom. The van der Waals surface area contributed by atoms with Crippen molar-refractivity contribution >= 4 is 17.4 Å². The van der Waals surface area contributed by atoms with Gasteiger partial charge in [0.15, 0.2) is 0 Å². The number of nitrogens with zero attached hydrogens (tertiary/aromatic N) is 1. The minimum absolute atomic E-state index is 0.100. The van der Waals surface area contributed by atoms with Gasteiger partial charge in [0.1, 0.15) is 6.26 Å². The Morgan fingerprint density at radius 3 is 2.96 bits per heavy atom. The molecular weight excluding hydrogens is 314 g/mol. The Labute approximate surface area is 139 Å². The van der Waals surface area contributed by atoms with Crippen LogP contribution in [0.2, 0.25) is 0 Å². The lowest BCUT2D eigenvalue weighted by atomic mass is 9.89. The topological polar surface area (TPSA) is 87.4 Å². The van der Waals surface area contributed by atoms with E-state index in [0.29, 0.717) is 24.7 Å². The Bertz CT molecular complexity index is 608. The number of hydrogen-bond acceptors (Lipinski definition) is 5.